The summed E-state index contributed by atoms with van der Waals surface area (Å²) in [6, 6.07) is 0. The molecule has 0 atom stereocenters. The molecule has 8 nitrogen and oxygen atoms in total. The maximum absolute atomic E-state index is 12.3. The van der Waals surface area contributed by atoms with Crippen molar-refractivity contribution in [3.8, 4) is 0 Å². The van der Waals surface area contributed by atoms with Crippen molar-refractivity contribution >= 4 is 17.7 Å². The molecule has 8 heteroatoms. The van der Waals surface area contributed by atoms with E-state index in [9.17, 15) is 9.59 Å². The number of carbonyl (C=O) groups excluding carboxylic acids is 2. The molecule has 0 unspecified atom stereocenters. The highest BCUT2D eigenvalue weighted by atomic mass is 16.6. The van der Waals surface area contributed by atoms with Gasteiger partial charge >= 0.3 is 6.09 Å². The second kappa shape index (κ2) is 6.89. The van der Waals surface area contributed by atoms with Crippen LogP contribution < -0.4 is 5.73 Å². The SMILES string of the molecule is CC(C)(C)OC(=O)N1CCCN(C(=O)Cn2cc(N)cn2)CC1. The van der Waals surface area contributed by atoms with Crippen molar-refractivity contribution in [1.29, 1.82) is 0 Å². The minimum Gasteiger partial charge on any atom is -0.444 e. The fourth-order valence-electron chi connectivity index (χ4n) is 2.38. The van der Waals surface area contributed by atoms with Crippen molar-refractivity contribution in [3.05, 3.63) is 12.4 Å². The van der Waals surface area contributed by atoms with E-state index in [1.165, 1.54) is 10.9 Å². The number of nitrogens with two attached hydrogens (primary N) is 1. The smallest absolute Gasteiger partial charge is 0.410 e. The van der Waals surface area contributed by atoms with Crippen LogP contribution >= 0.6 is 0 Å². The molecule has 2 amide bonds. The van der Waals surface area contributed by atoms with Gasteiger partial charge in [-0.15, -0.1) is 0 Å². The Morgan fingerprint density at radius 2 is 1.87 bits per heavy atom. The third kappa shape index (κ3) is 5.15. The molecule has 0 spiro atoms. The first-order chi connectivity index (χ1) is 10.7. The number of carbonyl (C=O) groups is 2. The van der Waals surface area contributed by atoms with E-state index < -0.39 is 5.60 Å². The lowest BCUT2D eigenvalue weighted by atomic mass is 10.2. The summed E-state index contributed by atoms with van der Waals surface area (Å²) >= 11 is 0. The molecule has 23 heavy (non-hydrogen) atoms. The van der Waals surface area contributed by atoms with Gasteiger partial charge in [-0.25, -0.2) is 4.79 Å². The molecular formula is C15H25N5O3. The lowest BCUT2D eigenvalue weighted by Crippen LogP contribution is -2.40. The van der Waals surface area contributed by atoms with Gasteiger partial charge in [0.2, 0.25) is 5.91 Å². The second-order valence-corrected chi connectivity index (χ2v) is 6.67. The number of rotatable bonds is 2. The average Bonchev–Trinajstić information content (AvgIpc) is 2.71. The predicted molar refractivity (Wildman–Crippen MR) is 85.6 cm³/mol. The molecule has 2 N–H and O–H groups in total. The third-order valence-corrected chi connectivity index (χ3v) is 3.45. The number of amides is 2. The van der Waals surface area contributed by atoms with E-state index in [4.69, 9.17) is 10.5 Å². The fourth-order valence-corrected chi connectivity index (χ4v) is 2.38. The molecule has 0 aromatic carbocycles. The van der Waals surface area contributed by atoms with Crippen LogP contribution in [0.3, 0.4) is 0 Å². The highest BCUT2D eigenvalue weighted by Crippen LogP contribution is 2.12. The van der Waals surface area contributed by atoms with Crippen LogP contribution in [0, 0.1) is 0 Å². The number of nitrogens with zero attached hydrogens (tertiary/aromatic N) is 4. The summed E-state index contributed by atoms with van der Waals surface area (Å²) in [5.74, 6) is -0.0286. The topological polar surface area (TPSA) is 93.7 Å². The highest BCUT2D eigenvalue weighted by molar-refractivity contribution is 5.76. The van der Waals surface area contributed by atoms with Crippen LogP contribution in [0.5, 0.6) is 0 Å². The standard InChI is InChI=1S/C15H25N5O3/c1-15(2,3)23-14(22)19-6-4-5-18(7-8-19)13(21)11-20-10-12(16)9-17-20/h9-10H,4-8,11,16H2,1-3H3. The molecule has 1 fully saturated rings. The van der Waals surface area contributed by atoms with Gasteiger partial charge in [0, 0.05) is 32.4 Å². The van der Waals surface area contributed by atoms with Gasteiger partial charge < -0.3 is 20.3 Å². The Hall–Kier alpha value is -2.25. The molecule has 0 aliphatic carbocycles. The van der Waals surface area contributed by atoms with E-state index in [1.54, 1.807) is 16.0 Å². The fraction of sp³-hybridized carbons (Fsp3) is 0.667. The Morgan fingerprint density at radius 3 is 2.48 bits per heavy atom. The van der Waals surface area contributed by atoms with E-state index in [-0.39, 0.29) is 18.5 Å². The second-order valence-electron chi connectivity index (χ2n) is 6.67. The minimum atomic E-state index is -0.515. The monoisotopic (exact) mass is 323 g/mol. The Bertz CT molecular complexity index is 564. The average molecular weight is 323 g/mol. The van der Waals surface area contributed by atoms with Gasteiger partial charge in [0.05, 0.1) is 11.9 Å². The number of aromatic nitrogens is 2. The van der Waals surface area contributed by atoms with Crippen molar-refractivity contribution in [2.24, 2.45) is 0 Å². The van der Waals surface area contributed by atoms with Crippen LogP contribution in [0.25, 0.3) is 0 Å². The molecule has 2 heterocycles. The Morgan fingerprint density at radius 1 is 1.22 bits per heavy atom. The molecule has 1 aromatic heterocycles. The summed E-state index contributed by atoms with van der Waals surface area (Å²) < 4.78 is 6.90. The van der Waals surface area contributed by atoms with Crippen molar-refractivity contribution in [2.75, 3.05) is 31.9 Å². The van der Waals surface area contributed by atoms with E-state index in [0.29, 0.717) is 31.9 Å². The van der Waals surface area contributed by atoms with Crippen molar-refractivity contribution < 1.29 is 14.3 Å². The predicted octanol–water partition coefficient (Wildman–Crippen LogP) is 0.935. The van der Waals surface area contributed by atoms with Crippen molar-refractivity contribution in [1.82, 2.24) is 19.6 Å². The maximum atomic E-state index is 12.3. The van der Waals surface area contributed by atoms with Gasteiger partial charge in [-0.3, -0.25) is 9.48 Å². The van der Waals surface area contributed by atoms with Gasteiger partial charge in [0.15, 0.2) is 0 Å². The molecule has 1 saturated heterocycles. The first-order valence-electron chi connectivity index (χ1n) is 7.78. The van der Waals surface area contributed by atoms with Gasteiger partial charge in [-0.05, 0) is 27.2 Å². The van der Waals surface area contributed by atoms with Crippen molar-refractivity contribution in [3.63, 3.8) is 0 Å². The summed E-state index contributed by atoms with van der Waals surface area (Å²) in [6.45, 7) is 7.86. The lowest BCUT2D eigenvalue weighted by Gasteiger charge is -2.26. The van der Waals surface area contributed by atoms with Crippen LogP contribution in [0.1, 0.15) is 27.2 Å². The third-order valence-electron chi connectivity index (χ3n) is 3.45. The molecule has 0 saturated carbocycles. The number of hydrogen-bond donors (Lipinski definition) is 1. The van der Waals surface area contributed by atoms with E-state index in [0.717, 1.165) is 6.42 Å². The normalized spacial score (nSPS) is 16.1. The Labute approximate surface area is 136 Å². The summed E-state index contributed by atoms with van der Waals surface area (Å²) in [7, 11) is 0. The molecule has 128 valence electrons. The number of ether oxygens (including phenoxy) is 1. The van der Waals surface area contributed by atoms with Gasteiger partial charge in [0.1, 0.15) is 12.1 Å². The van der Waals surface area contributed by atoms with Crippen LogP contribution in [0.4, 0.5) is 10.5 Å². The Balaban J connectivity index is 1.88. The van der Waals surface area contributed by atoms with Gasteiger partial charge in [0.25, 0.3) is 0 Å². The van der Waals surface area contributed by atoms with Crippen LogP contribution in [-0.2, 0) is 16.1 Å². The number of nitrogen functional groups attached to an aromatic ring is 1. The summed E-state index contributed by atoms with van der Waals surface area (Å²) in [5.41, 5.74) is 5.61. The minimum absolute atomic E-state index is 0.0286. The summed E-state index contributed by atoms with van der Waals surface area (Å²) in [4.78, 5) is 27.8. The van der Waals surface area contributed by atoms with Gasteiger partial charge in [-0.1, -0.05) is 0 Å². The summed E-state index contributed by atoms with van der Waals surface area (Å²) in [6.07, 6.45) is 3.54. The molecule has 1 aliphatic rings. The van der Waals surface area contributed by atoms with Crippen LogP contribution in [-0.4, -0.2) is 63.4 Å². The van der Waals surface area contributed by atoms with Crippen LogP contribution in [0.15, 0.2) is 12.4 Å². The molecule has 1 aromatic rings. The van der Waals surface area contributed by atoms with E-state index in [1.807, 2.05) is 20.8 Å². The zero-order valence-electron chi connectivity index (χ0n) is 14.0. The summed E-state index contributed by atoms with van der Waals surface area (Å²) in [5, 5.41) is 4.02. The number of anilines is 1. The first kappa shape index (κ1) is 17.1. The van der Waals surface area contributed by atoms with E-state index in [2.05, 4.69) is 5.10 Å². The first-order valence-corrected chi connectivity index (χ1v) is 7.78. The van der Waals surface area contributed by atoms with E-state index >= 15 is 0 Å². The highest BCUT2D eigenvalue weighted by Gasteiger charge is 2.26. The maximum Gasteiger partial charge on any atom is 0.410 e. The largest absolute Gasteiger partial charge is 0.444 e. The molecule has 2 rings (SSSR count). The Kier molecular flexibility index (Phi) is 5.12. The lowest BCUT2D eigenvalue weighted by molar-refractivity contribution is -0.131. The van der Waals surface area contributed by atoms with Gasteiger partial charge in [-0.2, -0.15) is 5.10 Å². The molecule has 0 bridgehead atoms. The molecule has 1 aliphatic heterocycles. The zero-order valence-corrected chi connectivity index (χ0v) is 14.0. The number of hydrogen-bond acceptors (Lipinski definition) is 5. The molecular weight excluding hydrogens is 298 g/mol. The quantitative estimate of drug-likeness (QED) is 0.874. The molecule has 0 radical (unpaired) electrons. The van der Waals surface area contributed by atoms with Crippen molar-refractivity contribution in [2.45, 2.75) is 39.3 Å². The van der Waals surface area contributed by atoms with Crippen LogP contribution in [0.2, 0.25) is 0 Å². The zero-order chi connectivity index (χ0) is 17.0.